The zero-order chi connectivity index (χ0) is 18.4. The van der Waals surface area contributed by atoms with E-state index in [1.165, 1.54) is 0 Å². The lowest BCUT2D eigenvalue weighted by atomic mass is 10.2. The Hall–Kier alpha value is -2.92. The Morgan fingerprint density at radius 1 is 0.923 bits per heavy atom. The molecule has 0 unspecified atom stereocenters. The van der Waals surface area contributed by atoms with Gasteiger partial charge in [-0.25, -0.2) is 9.69 Å². The average Bonchev–Trinajstić information content (AvgIpc) is 2.63. The molecule has 0 fully saturated rings. The molecule has 0 spiro atoms. The van der Waals surface area contributed by atoms with E-state index in [-0.39, 0.29) is 23.9 Å². The number of amides is 1. The first-order chi connectivity index (χ1) is 12.6. The van der Waals surface area contributed by atoms with Gasteiger partial charge in [-0.2, -0.15) is 4.57 Å². The second-order valence-corrected chi connectivity index (χ2v) is 6.91. The Kier molecular flexibility index (Phi) is 5.49. The number of hydrogen-bond donors (Lipinski definition) is 1. The highest BCUT2D eigenvalue weighted by Crippen LogP contribution is 2.52. The van der Waals surface area contributed by atoms with Crippen LogP contribution in [0.15, 0.2) is 72.6 Å². The molecular formula is C18H18NO6P. The van der Waals surface area contributed by atoms with Crippen LogP contribution in [0.3, 0.4) is 0 Å². The number of phosphoric acid groups is 1. The summed E-state index contributed by atoms with van der Waals surface area (Å²) in [5, 5.41) is 9.32. The van der Waals surface area contributed by atoms with Crippen LogP contribution in [-0.4, -0.2) is 22.6 Å². The molecule has 0 aliphatic carbocycles. The number of phosphoric ester groups is 1. The first-order valence-electron chi connectivity index (χ1n) is 8.05. The van der Waals surface area contributed by atoms with E-state index in [0.717, 1.165) is 4.90 Å². The van der Waals surface area contributed by atoms with E-state index in [4.69, 9.17) is 13.6 Å². The van der Waals surface area contributed by atoms with Gasteiger partial charge in [-0.1, -0.05) is 36.4 Å². The van der Waals surface area contributed by atoms with Crippen LogP contribution in [0.2, 0.25) is 0 Å². The highest BCUT2D eigenvalue weighted by atomic mass is 31.2. The van der Waals surface area contributed by atoms with Gasteiger partial charge in [0.05, 0.1) is 0 Å². The van der Waals surface area contributed by atoms with Crippen molar-refractivity contribution in [2.24, 2.45) is 0 Å². The highest BCUT2D eigenvalue weighted by molar-refractivity contribution is 7.49. The molecule has 0 aromatic heterocycles. The van der Waals surface area contributed by atoms with Crippen LogP contribution in [0.1, 0.15) is 12.8 Å². The van der Waals surface area contributed by atoms with E-state index in [9.17, 15) is 14.5 Å². The summed E-state index contributed by atoms with van der Waals surface area (Å²) in [4.78, 5) is 12.4. The molecule has 0 radical (unpaired) electrons. The van der Waals surface area contributed by atoms with Gasteiger partial charge in [0.2, 0.25) is 5.88 Å². The van der Waals surface area contributed by atoms with Crippen LogP contribution in [-0.2, 0) is 9.09 Å². The third-order valence-corrected chi connectivity index (χ3v) is 4.81. The number of carbonyl (C=O) groups is 1. The number of hydrogen-bond acceptors (Lipinski definition) is 5. The fraction of sp³-hybridized carbons (Fsp3) is 0.167. The fourth-order valence-corrected chi connectivity index (χ4v) is 3.64. The molecule has 8 heteroatoms. The zero-order valence-corrected chi connectivity index (χ0v) is 14.7. The molecule has 1 amide bonds. The smallest absolute Gasteiger partial charge is 0.465 e. The van der Waals surface area contributed by atoms with Crippen LogP contribution in [0.25, 0.3) is 0 Å². The molecule has 2 aromatic carbocycles. The molecule has 7 nitrogen and oxygen atoms in total. The molecule has 2 aromatic rings. The summed E-state index contributed by atoms with van der Waals surface area (Å²) in [7, 11) is -4.18. The summed E-state index contributed by atoms with van der Waals surface area (Å²) in [5.74, 6) is 0.508. The lowest BCUT2D eigenvalue weighted by molar-refractivity contribution is 0.123. The van der Waals surface area contributed by atoms with E-state index in [1.54, 1.807) is 66.7 Å². The van der Waals surface area contributed by atoms with Gasteiger partial charge in [0.15, 0.2) is 0 Å². The zero-order valence-electron chi connectivity index (χ0n) is 13.9. The Morgan fingerprint density at radius 2 is 1.46 bits per heavy atom. The van der Waals surface area contributed by atoms with Crippen molar-refractivity contribution in [2.45, 2.75) is 12.8 Å². The Balaban J connectivity index is 1.88. The van der Waals surface area contributed by atoms with Gasteiger partial charge in [-0.3, -0.25) is 0 Å². The number of carboxylic acid groups (broad SMARTS) is 1. The molecule has 0 saturated carbocycles. The number of benzene rings is 2. The van der Waals surface area contributed by atoms with Crippen molar-refractivity contribution in [1.82, 2.24) is 4.90 Å². The molecule has 1 N–H and O–H groups in total. The van der Waals surface area contributed by atoms with Gasteiger partial charge in [0.1, 0.15) is 11.5 Å². The maximum Gasteiger partial charge on any atom is 0.648 e. The minimum Gasteiger partial charge on any atom is -0.465 e. The monoisotopic (exact) mass is 375 g/mol. The molecular weight excluding hydrogens is 357 g/mol. The van der Waals surface area contributed by atoms with Crippen molar-refractivity contribution in [3.63, 3.8) is 0 Å². The minimum atomic E-state index is -4.18. The van der Waals surface area contributed by atoms with E-state index in [2.05, 4.69) is 0 Å². The van der Waals surface area contributed by atoms with Gasteiger partial charge in [-0.05, 0) is 43.2 Å². The third kappa shape index (κ3) is 4.58. The van der Waals surface area contributed by atoms with Crippen LogP contribution < -0.4 is 9.05 Å². The fourth-order valence-electron chi connectivity index (χ4n) is 2.36. The minimum absolute atomic E-state index is 0.0565. The molecule has 3 rings (SSSR count). The second-order valence-electron chi connectivity index (χ2n) is 5.47. The van der Waals surface area contributed by atoms with Crippen LogP contribution in [0.5, 0.6) is 11.5 Å². The molecule has 1 aliphatic rings. The quantitative estimate of drug-likeness (QED) is 0.724. The predicted octanol–water partition coefficient (Wildman–Crippen LogP) is 4.88. The lowest BCUT2D eigenvalue weighted by Gasteiger charge is -2.28. The van der Waals surface area contributed by atoms with E-state index in [1.807, 2.05) is 0 Å². The van der Waals surface area contributed by atoms with Gasteiger partial charge >= 0.3 is 13.9 Å². The molecule has 136 valence electrons. The van der Waals surface area contributed by atoms with Crippen molar-refractivity contribution in [3.8, 4) is 11.5 Å². The molecule has 26 heavy (non-hydrogen) atoms. The Labute approximate surface area is 151 Å². The molecule has 1 heterocycles. The molecule has 0 atom stereocenters. The maximum absolute atomic E-state index is 13.3. The summed E-state index contributed by atoms with van der Waals surface area (Å²) in [6.07, 6.45) is 1.63. The molecule has 1 aliphatic heterocycles. The first-order valence-corrected chi connectivity index (χ1v) is 9.51. The maximum atomic E-state index is 13.3. The van der Waals surface area contributed by atoms with Crippen molar-refractivity contribution in [1.29, 1.82) is 0 Å². The number of rotatable bonds is 6. The van der Waals surface area contributed by atoms with Crippen molar-refractivity contribution in [2.75, 3.05) is 6.54 Å². The van der Waals surface area contributed by atoms with Gasteiger partial charge in [-0.15, -0.1) is 0 Å². The van der Waals surface area contributed by atoms with E-state index < -0.39 is 13.9 Å². The SMILES string of the molecule is O=C(O)N1CCCC=C1OP(=O)(Oc1ccccc1)Oc1ccccc1. The van der Waals surface area contributed by atoms with Crippen molar-refractivity contribution >= 4 is 13.9 Å². The van der Waals surface area contributed by atoms with Gasteiger partial charge in [0.25, 0.3) is 0 Å². The number of para-hydroxylation sites is 2. The van der Waals surface area contributed by atoms with E-state index >= 15 is 0 Å². The standard InChI is InChI=1S/C18H18NO6P/c20-18(21)19-14-8-7-13-17(19)25-26(22,23-15-9-3-1-4-10-15)24-16-11-5-2-6-12-16/h1-6,9-13H,7-8,14H2,(H,20,21). The first kappa shape index (κ1) is 17.9. The second kappa shape index (κ2) is 7.97. The Morgan fingerprint density at radius 3 is 1.96 bits per heavy atom. The molecule has 0 bridgehead atoms. The molecule has 0 saturated heterocycles. The van der Waals surface area contributed by atoms with Crippen LogP contribution in [0.4, 0.5) is 4.79 Å². The lowest BCUT2D eigenvalue weighted by Crippen LogP contribution is -2.33. The third-order valence-electron chi connectivity index (χ3n) is 3.53. The number of allylic oxidation sites excluding steroid dienone is 1. The normalized spacial score (nSPS) is 14.3. The average molecular weight is 375 g/mol. The summed E-state index contributed by atoms with van der Waals surface area (Å²) >= 11 is 0. The summed E-state index contributed by atoms with van der Waals surface area (Å²) in [6, 6.07) is 16.8. The van der Waals surface area contributed by atoms with Crippen LogP contribution in [0, 0.1) is 0 Å². The van der Waals surface area contributed by atoms with Gasteiger partial charge < -0.3 is 18.7 Å². The largest absolute Gasteiger partial charge is 0.648 e. The van der Waals surface area contributed by atoms with E-state index in [0.29, 0.717) is 12.8 Å². The predicted molar refractivity (Wildman–Crippen MR) is 94.9 cm³/mol. The summed E-state index contributed by atoms with van der Waals surface area (Å²) in [5.41, 5.74) is 0. The van der Waals surface area contributed by atoms with Crippen molar-refractivity contribution < 1.29 is 28.0 Å². The van der Waals surface area contributed by atoms with Gasteiger partial charge in [0, 0.05) is 6.54 Å². The summed E-state index contributed by atoms with van der Waals surface area (Å²) in [6.45, 7) is 0.248. The highest BCUT2D eigenvalue weighted by Gasteiger charge is 2.37. The Bertz CT molecular complexity index is 779. The summed E-state index contributed by atoms with van der Waals surface area (Å²) < 4.78 is 29.7. The number of nitrogens with zero attached hydrogens (tertiary/aromatic N) is 1. The van der Waals surface area contributed by atoms with Crippen molar-refractivity contribution in [3.05, 3.63) is 72.6 Å². The topological polar surface area (TPSA) is 85.3 Å². The van der Waals surface area contributed by atoms with Crippen LogP contribution >= 0.6 is 7.82 Å².